The van der Waals surface area contributed by atoms with Crippen LogP contribution in [0.25, 0.3) is 0 Å². The maximum Gasteiger partial charge on any atom is 0.295 e. The van der Waals surface area contributed by atoms with Gasteiger partial charge < -0.3 is 11.1 Å². The molecule has 0 spiro atoms. The Morgan fingerprint density at radius 1 is 1.65 bits per heavy atom. The molecule has 0 aliphatic heterocycles. The second-order valence-corrected chi connectivity index (χ2v) is 3.42. The van der Waals surface area contributed by atoms with Crippen molar-refractivity contribution in [2.24, 2.45) is 5.73 Å². The molecule has 0 saturated carbocycles. The minimum atomic E-state index is -0.768. The van der Waals surface area contributed by atoms with Crippen LogP contribution in [0.5, 0.6) is 0 Å². The van der Waals surface area contributed by atoms with E-state index in [1.54, 1.807) is 6.92 Å². The average molecular weight is 241 g/mol. The van der Waals surface area contributed by atoms with Crippen molar-refractivity contribution in [3.8, 4) is 0 Å². The van der Waals surface area contributed by atoms with Gasteiger partial charge in [-0.1, -0.05) is 6.92 Å². The standard InChI is InChI=1S/C10H12FN3O3/c1-2-7(12)10(15)13-8-4-3-6(11)5-9(8)14(16)17/h3-5,7H,2,12H2,1H3,(H,13,15)/t7-/m0/s1. The number of carbonyl (C=O) groups excluding carboxylic acids is 1. The lowest BCUT2D eigenvalue weighted by Gasteiger charge is -2.10. The van der Waals surface area contributed by atoms with Crippen LogP contribution in [0, 0.1) is 15.9 Å². The molecule has 7 heteroatoms. The molecule has 1 rings (SSSR count). The summed E-state index contributed by atoms with van der Waals surface area (Å²) in [4.78, 5) is 21.3. The van der Waals surface area contributed by atoms with E-state index in [1.807, 2.05) is 0 Å². The Labute approximate surface area is 96.8 Å². The predicted octanol–water partition coefficient (Wildman–Crippen LogP) is 1.41. The molecule has 1 atom stereocenters. The molecule has 1 aromatic carbocycles. The molecule has 92 valence electrons. The molecule has 0 unspecified atom stereocenters. The molecule has 0 fully saturated rings. The van der Waals surface area contributed by atoms with E-state index in [-0.39, 0.29) is 5.69 Å². The summed E-state index contributed by atoms with van der Waals surface area (Å²) in [6.45, 7) is 1.71. The Hall–Kier alpha value is -2.02. The van der Waals surface area contributed by atoms with Crippen LogP contribution >= 0.6 is 0 Å². The highest BCUT2D eigenvalue weighted by molar-refractivity contribution is 5.96. The minimum absolute atomic E-state index is 0.0645. The van der Waals surface area contributed by atoms with Gasteiger partial charge in [-0.05, 0) is 18.6 Å². The topological polar surface area (TPSA) is 98.3 Å². The largest absolute Gasteiger partial charge is 0.320 e. The van der Waals surface area contributed by atoms with Crippen molar-refractivity contribution in [2.45, 2.75) is 19.4 Å². The van der Waals surface area contributed by atoms with Crippen LogP contribution in [-0.2, 0) is 4.79 Å². The van der Waals surface area contributed by atoms with Crippen LogP contribution in [0.15, 0.2) is 18.2 Å². The third-order valence-electron chi connectivity index (χ3n) is 2.19. The van der Waals surface area contributed by atoms with Crippen molar-refractivity contribution in [2.75, 3.05) is 5.32 Å². The summed E-state index contributed by atoms with van der Waals surface area (Å²) in [5.74, 6) is -1.28. The molecule has 6 nitrogen and oxygen atoms in total. The van der Waals surface area contributed by atoms with Gasteiger partial charge in [0.1, 0.15) is 11.5 Å². The van der Waals surface area contributed by atoms with Crippen LogP contribution in [0.4, 0.5) is 15.8 Å². The number of nitrogens with zero attached hydrogens (tertiary/aromatic N) is 1. The number of halogens is 1. The molecule has 0 heterocycles. The van der Waals surface area contributed by atoms with E-state index in [2.05, 4.69) is 5.32 Å². The van der Waals surface area contributed by atoms with Crippen molar-refractivity contribution in [3.05, 3.63) is 34.1 Å². The van der Waals surface area contributed by atoms with Crippen molar-refractivity contribution in [1.82, 2.24) is 0 Å². The third kappa shape index (κ3) is 3.22. The summed E-state index contributed by atoms with van der Waals surface area (Å²) < 4.78 is 12.8. The molecule has 0 aliphatic carbocycles. The molecular formula is C10H12FN3O3. The van der Waals surface area contributed by atoms with Gasteiger partial charge in [-0.2, -0.15) is 0 Å². The van der Waals surface area contributed by atoms with E-state index in [0.717, 1.165) is 18.2 Å². The minimum Gasteiger partial charge on any atom is -0.320 e. The predicted molar refractivity (Wildman–Crippen MR) is 60.0 cm³/mol. The van der Waals surface area contributed by atoms with Crippen LogP contribution in [-0.4, -0.2) is 16.9 Å². The number of amides is 1. The molecule has 0 saturated heterocycles. The molecular weight excluding hydrogens is 229 g/mol. The van der Waals surface area contributed by atoms with Gasteiger partial charge >= 0.3 is 0 Å². The Morgan fingerprint density at radius 2 is 2.29 bits per heavy atom. The lowest BCUT2D eigenvalue weighted by Crippen LogP contribution is -2.34. The maximum atomic E-state index is 12.8. The Bertz CT molecular complexity index is 450. The number of nitro groups is 1. The van der Waals surface area contributed by atoms with Crippen molar-refractivity contribution < 1.29 is 14.1 Å². The first-order valence-corrected chi connectivity index (χ1v) is 4.96. The summed E-state index contributed by atoms with van der Waals surface area (Å²) in [6, 6.07) is 2.15. The molecule has 1 aromatic rings. The lowest BCUT2D eigenvalue weighted by molar-refractivity contribution is -0.384. The van der Waals surface area contributed by atoms with E-state index >= 15 is 0 Å². The van der Waals surface area contributed by atoms with E-state index in [9.17, 15) is 19.3 Å². The molecule has 0 radical (unpaired) electrons. The monoisotopic (exact) mass is 241 g/mol. The zero-order chi connectivity index (χ0) is 13.0. The van der Waals surface area contributed by atoms with Gasteiger partial charge in [-0.3, -0.25) is 14.9 Å². The average Bonchev–Trinajstić information content (AvgIpc) is 2.29. The normalized spacial score (nSPS) is 11.9. The summed E-state index contributed by atoms with van der Waals surface area (Å²) in [5, 5.41) is 12.9. The number of nitro benzene ring substituents is 1. The molecule has 17 heavy (non-hydrogen) atoms. The van der Waals surface area contributed by atoms with Crippen molar-refractivity contribution >= 4 is 17.3 Å². The number of nitrogens with one attached hydrogen (secondary N) is 1. The smallest absolute Gasteiger partial charge is 0.295 e. The van der Waals surface area contributed by atoms with Crippen LogP contribution in [0.2, 0.25) is 0 Å². The lowest BCUT2D eigenvalue weighted by atomic mass is 10.2. The van der Waals surface area contributed by atoms with E-state index in [1.165, 1.54) is 0 Å². The first kappa shape index (κ1) is 13.0. The first-order chi connectivity index (χ1) is 7.95. The summed E-state index contributed by atoms with van der Waals surface area (Å²) in [6.07, 6.45) is 0.404. The van der Waals surface area contributed by atoms with Crippen LogP contribution in [0.3, 0.4) is 0 Å². The van der Waals surface area contributed by atoms with E-state index < -0.39 is 28.4 Å². The summed E-state index contributed by atoms with van der Waals surface area (Å²) in [5.41, 5.74) is 4.90. The number of hydrogen-bond acceptors (Lipinski definition) is 4. The number of hydrogen-bond donors (Lipinski definition) is 2. The number of carbonyl (C=O) groups is 1. The van der Waals surface area contributed by atoms with E-state index in [4.69, 9.17) is 5.73 Å². The Balaban J connectivity index is 2.98. The molecule has 0 bridgehead atoms. The fourth-order valence-electron chi connectivity index (χ4n) is 1.17. The SMILES string of the molecule is CC[C@H](N)C(=O)Nc1ccc(F)cc1[N+](=O)[O-]. The maximum absolute atomic E-state index is 12.8. The van der Waals surface area contributed by atoms with Gasteiger partial charge in [-0.15, -0.1) is 0 Å². The number of rotatable bonds is 4. The van der Waals surface area contributed by atoms with Gasteiger partial charge in [-0.25, -0.2) is 4.39 Å². The number of nitrogens with two attached hydrogens (primary N) is 1. The second-order valence-electron chi connectivity index (χ2n) is 3.42. The molecule has 1 amide bonds. The van der Waals surface area contributed by atoms with Crippen LogP contribution < -0.4 is 11.1 Å². The molecule has 3 N–H and O–H groups in total. The molecule has 0 aliphatic rings. The number of anilines is 1. The Morgan fingerprint density at radius 3 is 2.82 bits per heavy atom. The van der Waals surface area contributed by atoms with Crippen LogP contribution in [0.1, 0.15) is 13.3 Å². The fraction of sp³-hybridized carbons (Fsp3) is 0.300. The van der Waals surface area contributed by atoms with Gasteiger partial charge in [0.25, 0.3) is 5.69 Å². The zero-order valence-electron chi connectivity index (χ0n) is 9.14. The highest BCUT2D eigenvalue weighted by atomic mass is 19.1. The van der Waals surface area contributed by atoms with Crippen molar-refractivity contribution in [3.63, 3.8) is 0 Å². The second kappa shape index (κ2) is 5.35. The number of benzene rings is 1. The van der Waals surface area contributed by atoms with Gasteiger partial charge in [0.2, 0.25) is 5.91 Å². The summed E-state index contributed by atoms with van der Waals surface area (Å²) >= 11 is 0. The summed E-state index contributed by atoms with van der Waals surface area (Å²) in [7, 11) is 0. The first-order valence-electron chi connectivity index (χ1n) is 4.96. The molecule has 0 aromatic heterocycles. The van der Waals surface area contributed by atoms with E-state index in [0.29, 0.717) is 6.42 Å². The van der Waals surface area contributed by atoms with Gasteiger partial charge in [0, 0.05) is 0 Å². The fourth-order valence-corrected chi connectivity index (χ4v) is 1.17. The highest BCUT2D eigenvalue weighted by Crippen LogP contribution is 2.24. The Kier molecular flexibility index (Phi) is 4.11. The zero-order valence-corrected chi connectivity index (χ0v) is 9.14. The third-order valence-corrected chi connectivity index (χ3v) is 2.19. The quantitative estimate of drug-likeness (QED) is 0.615. The van der Waals surface area contributed by atoms with Gasteiger partial charge in [0.15, 0.2) is 0 Å². The van der Waals surface area contributed by atoms with Gasteiger partial charge in [0.05, 0.1) is 17.0 Å². The van der Waals surface area contributed by atoms with Crippen molar-refractivity contribution in [1.29, 1.82) is 0 Å². The highest BCUT2D eigenvalue weighted by Gasteiger charge is 2.19.